The van der Waals surface area contributed by atoms with Crippen molar-refractivity contribution in [1.82, 2.24) is 5.32 Å². The van der Waals surface area contributed by atoms with Crippen LogP contribution < -0.4 is 21.3 Å². The predicted octanol–water partition coefficient (Wildman–Crippen LogP) is 6.65. The fourth-order valence-electron chi connectivity index (χ4n) is 4.51. The summed E-state index contributed by atoms with van der Waals surface area (Å²) in [6.07, 6.45) is 6.67. The number of para-hydroxylation sites is 1. The summed E-state index contributed by atoms with van der Waals surface area (Å²) in [4.78, 5) is 50.8. The number of allylic oxidation sites excluding steroid dienone is 4. The molecule has 0 saturated carbocycles. The van der Waals surface area contributed by atoms with Gasteiger partial charge in [-0.1, -0.05) is 43.3 Å². The van der Waals surface area contributed by atoms with Crippen molar-refractivity contribution in [3.63, 3.8) is 0 Å². The number of carbonyl (C=O) groups is 4. The van der Waals surface area contributed by atoms with Crippen LogP contribution >= 0.6 is 0 Å². The molecular formula is C35H30N4O4. The van der Waals surface area contributed by atoms with Gasteiger partial charge < -0.3 is 21.3 Å². The molecule has 4 aromatic carbocycles. The van der Waals surface area contributed by atoms with Crippen LogP contribution in [0, 0.1) is 5.92 Å². The minimum atomic E-state index is -0.359. The van der Waals surface area contributed by atoms with Crippen LogP contribution in [0.2, 0.25) is 0 Å². The first kappa shape index (κ1) is 28.8. The third-order valence-electron chi connectivity index (χ3n) is 6.78. The molecule has 0 fully saturated rings. The fourth-order valence-corrected chi connectivity index (χ4v) is 4.51. The molecule has 214 valence electrons. The lowest BCUT2D eigenvalue weighted by atomic mass is 10.00. The Kier molecular flexibility index (Phi) is 8.87. The highest BCUT2D eigenvalue weighted by Gasteiger charge is 2.14. The van der Waals surface area contributed by atoms with Crippen molar-refractivity contribution in [3.8, 4) is 0 Å². The van der Waals surface area contributed by atoms with Gasteiger partial charge in [-0.3, -0.25) is 19.2 Å². The van der Waals surface area contributed by atoms with Gasteiger partial charge in [-0.25, -0.2) is 0 Å². The minimum Gasteiger partial charge on any atom is -0.326 e. The highest BCUT2D eigenvalue weighted by Crippen LogP contribution is 2.19. The van der Waals surface area contributed by atoms with Crippen molar-refractivity contribution in [1.29, 1.82) is 0 Å². The zero-order valence-electron chi connectivity index (χ0n) is 23.5. The second kappa shape index (κ2) is 13.3. The maximum absolute atomic E-state index is 12.9. The maximum Gasteiger partial charge on any atom is 0.255 e. The lowest BCUT2D eigenvalue weighted by Crippen LogP contribution is -2.24. The van der Waals surface area contributed by atoms with Crippen LogP contribution in [0.4, 0.5) is 17.1 Å². The van der Waals surface area contributed by atoms with E-state index in [-0.39, 0.29) is 23.6 Å². The second-order valence-electron chi connectivity index (χ2n) is 10.2. The van der Waals surface area contributed by atoms with E-state index in [9.17, 15) is 19.2 Å². The molecule has 0 aromatic heterocycles. The highest BCUT2D eigenvalue weighted by atomic mass is 16.2. The van der Waals surface area contributed by atoms with Crippen molar-refractivity contribution in [2.45, 2.75) is 13.3 Å². The van der Waals surface area contributed by atoms with E-state index < -0.39 is 0 Å². The summed E-state index contributed by atoms with van der Waals surface area (Å²) >= 11 is 0. The Morgan fingerprint density at radius 2 is 0.953 bits per heavy atom. The van der Waals surface area contributed by atoms with E-state index in [0.717, 1.165) is 12.1 Å². The van der Waals surface area contributed by atoms with Gasteiger partial charge in [0.25, 0.3) is 23.6 Å². The molecule has 4 N–H and O–H groups in total. The third-order valence-corrected chi connectivity index (χ3v) is 6.78. The zero-order valence-corrected chi connectivity index (χ0v) is 23.5. The SMILES string of the molecule is CC1C=CC=C(NC(=O)c2ccc(C(=O)Nc3cccc(NC(=O)c4ccc(C(=O)Nc5ccccc5)cc4)c3)cc2)C1. The molecule has 5 rings (SSSR count). The summed E-state index contributed by atoms with van der Waals surface area (Å²) in [6.45, 7) is 2.08. The van der Waals surface area contributed by atoms with Crippen LogP contribution in [0.15, 0.2) is 127 Å². The Balaban J connectivity index is 1.16. The molecule has 0 radical (unpaired) electrons. The molecule has 0 heterocycles. The van der Waals surface area contributed by atoms with E-state index in [4.69, 9.17) is 0 Å². The number of nitrogens with one attached hydrogen (secondary N) is 4. The predicted molar refractivity (Wildman–Crippen MR) is 168 cm³/mol. The average Bonchev–Trinajstić information content (AvgIpc) is 3.02. The molecule has 4 amide bonds. The van der Waals surface area contributed by atoms with E-state index in [1.54, 1.807) is 84.9 Å². The number of hydrogen-bond donors (Lipinski definition) is 4. The summed E-state index contributed by atoms with van der Waals surface area (Å²) in [7, 11) is 0. The number of amides is 4. The van der Waals surface area contributed by atoms with Gasteiger partial charge in [0.2, 0.25) is 0 Å². The third kappa shape index (κ3) is 7.71. The van der Waals surface area contributed by atoms with Gasteiger partial charge >= 0.3 is 0 Å². The van der Waals surface area contributed by atoms with Gasteiger partial charge in [0.1, 0.15) is 0 Å². The Hall–Kier alpha value is -5.76. The Labute approximate surface area is 249 Å². The van der Waals surface area contributed by atoms with Crippen LogP contribution in [0.3, 0.4) is 0 Å². The molecule has 0 spiro atoms. The maximum atomic E-state index is 12.9. The summed E-state index contributed by atoms with van der Waals surface area (Å²) in [5.41, 5.74) is 4.15. The highest BCUT2D eigenvalue weighted by molar-refractivity contribution is 6.08. The average molecular weight is 571 g/mol. The fraction of sp³-hybridized carbons (Fsp3) is 0.0857. The van der Waals surface area contributed by atoms with Crippen molar-refractivity contribution in [2.75, 3.05) is 16.0 Å². The van der Waals surface area contributed by atoms with E-state index in [2.05, 4.69) is 34.3 Å². The van der Waals surface area contributed by atoms with E-state index in [0.29, 0.717) is 45.2 Å². The van der Waals surface area contributed by atoms with E-state index in [1.165, 1.54) is 0 Å². The monoisotopic (exact) mass is 570 g/mol. The molecule has 1 aliphatic rings. The van der Waals surface area contributed by atoms with Crippen LogP contribution in [0.1, 0.15) is 54.8 Å². The van der Waals surface area contributed by atoms with E-state index in [1.807, 2.05) is 30.4 Å². The largest absolute Gasteiger partial charge is 0.326 e. The van der Waals surface area contributed by atoms with E-state index >= 15 is 0 Å². The summed E-state index contributed by atoms with van der Waals surface area (Å²) in [6, 6.07) is 28.6. The first-order chi connectivity index (χ1) is 20.8. The van der Waals surface area contributed by atoms with Crippen LogP contribution in [0.25, 0.3) is 0 Å². The molecule has 8 nitrogen and oxygen atoms in total. The van der Waals surface area contributed by atoms with Crippen molar-refractivity contribution < 1.29 is 19.2 Å². The lowest BCUT2D eigenvalue weighted by molar-refractivity contribution is 0.0960. The summed E-state index contributed by atoms with van der Waals surface area (Å²) in [5.74, 6) is -0.849. The topological polar surface area (TPSA) is 116 Å². The standard InChI is InChI=1S/C35H30N4O4/c1-23-7-5-10-29(21-23)37-33(41)25-17-19-27(20-18-25)35(43)39-31-12-6-11-30(22-31)38-34(42)26-15-13-24(14-16-26)32(40)36-28-8-3-2-4-9-28/h2-20,22-23H,21H2,1H3,(H,36,40)(H,37,41)(H,38,42)(H,39,43). The molecule has 0 saturated heterocycles. The van der Waals surface area contributed by atoms with Crippen LogP contribution in [0.5, 0.6) is 0 Å². The molecule has 1 atom stereocenters. The van der Waals surface area contributed by atoms with Crippen molar-refractivity contribution in [3.05, 3.63) is 149 Å². The molecule has 8 heteroatoms. The quantitative estimate of drug-likeness (QED) is 0.190. The molecule has 1 unspecified atom stereocenters. The first-order valence-electron chi connectivity index (χ1n) is 13.8. The first-order valence-corrected chi connectivity index (χ1v) is 13.8. The van der Waals surface area contributed by atoms with Gasteiger partial charge in [-0.05, 0) is 97.3 Å². The molecule has 4 aromatic rings. The second-order valence-corrected chi connectivity index (χ2v) is 10.2. The van der Waals surface area contributed by atoms with Gasteiger partial charge in [-0.15, -0.1) is 0 Å². The summed E-state index contributed by atoms with van der Waals surface area (Å²) < 4.78 is 0. The molecular weight excluding hydrogens is 540 g/mol. The van der Waals surface area contributed by atoms with Crippen molar-refractivity contribution >= 4 is 40.7 Å². The van der Waals surface area contributed by atoms with Gasteiger partial charge in [0.05, 0.1) is 0 Å². The number of hydrogen-bond acceptors (Lipinski definition) is 4. The Bertz CT molecular complexity index is 1710. The molecule has 0 aliphatic heterocycles. The van der Waals surface area contributed by atoms with Crippen molar-refractivity contribution in [2.24, 2.45) is 5.92 Å². The zero-order chi connectivity index (χ0) is 30.2. The van der Waals surface area contributed by atoms with Gasteiger partial charge in [0.15, 0.2) is 0 Å². The number of carbonyl (C=O) groups excluding carboxylic acids is 4. The summed E-state index contributed by atoms with van der Waals surface area (Å²) in [5, 5.41) is 11.4. The number of rotatable bonds is 8. The lowest BCUT2D eigenvalue weighted by Gasteiger charge is -2.15. The van der Waals surface area contributed by atoms with Gasteiger partial charge in [0, 0.05) is 45.0 Å². The minimum absolute atomic E-state index is 0.228. The van der Waals surface area contributed by atoms with Gasteiger partial charge in [-0.2, -0.15) is 0 Å². The van der Waals surface area contributed by atoms with Crippen LogP contribution in [-0.2, 0) is 0 Å². The smallest absolute Gasteiger partial charge is 0.255 e. The molecule has 1 aliphatic carbocycles. The normalized spacial score (nSPS) is 13.8. The number of benzene rings is 4. The molecule has 43 heavy (non-hydrogen) atoms. The Morgan fingerprint density at radius 3 is 1.42 bits per heavy atom. The number of anilines is 3. The molecule has 0 bridgehead atoms. The Morgan fingerprint density at radius 1 is 0.535 bits per heavy atom. The van der Waals surface area contributed by atoms with Crippen LogP contribution in [-0.4, -0.2) is 23.6 Å².